The Hall–Kier alpha value is -3.10. The van der Waals surface area contributed by atoms with E-state index in [0.717, 1.165) is 39.3 Å². The van der Waals surface area contributed by atoms with Crippen LogP contribution in [-0.2, 0) is 6.54 Å². The maximum absolute atomic E-state index is 10.5. The Labute approximate surface area is 188 Å². The lowest BCUT2D eigenvalue weighted by Crippen LogP contribution is -2.45. The maximum Gasteiger partial charge on any atom is 0.319 e. The van der Waals surface area contributed by atoms with Crippen LogP contribution < -0.4 is 0 Å². The van der Waals surface area contributed by atoms with E-state index in [4.69, 9.17) is 0 Å². The molecule has 0 saturated carbocycles. The zero-order valence-corrected chi connectivity index (χ0v) is 18.6. The summed E-state index contributed by atoms with van der Waals surface area (Å²) in [6.45, 7) is 13.7. The van der Waals surface area contributed by atoms with E-state index in [1.165, 1.54) is 16.2 Å². The van der Waals surface area contributed by atoms with Crippen molar-refractivity contribution in [1.29, 1.82) is 0 Å². The van der Waals surface area contributed by atoms with E-state index in [9.17, 15) is 15.3 Å². The molecule has 0 unspecified atom stereocenters. The van der Waals surface area contributed by atoms with Crippen LogP contribution in [0, 0.1) is 6.92 Å². The average Bonchev–Trinajstić information content (AvgIpc) is 3.15. The zero-order chi connectivity index (χ0) is 22.8. The minimum Gasteiger partial charge on any atom is -0.508 e. The molecule has 0 spiro atoms. The first-order valence-electron chi connectivity index (χ1n) is 10.9. The fraction of sp³-hybridized carbons (Fsp3) is 0.375. The van der Waals surface area contributed by atoms with Gasteiger partial charge in [-0.1, -0.05) is 31.1 Å². The Bertz CT molecular complexity index is 1070. The van der Waals surface area contributed by atoms with Crippen molar-refractivity contribution in [3.05, 3.63) is 54.4 Å². The second-order valence-electron chi connectivity index (χ2n) is 8.53. The normalized spacial score (nSPS) is 15.5. The first-order chi connectivity index (χ1) is 15.4. The molecule has 1 aliphatic rings. The number of phenols is 2. The van der Waals surface area contributed by atoms with Gasteiger partial charge in [0.1, 0.15) is 11.5 Å². The first kappa shape index (κ1) is 22.1. The van der Waals surface area contributed by atoms with Gasteiger partial charge in [0.05, 0.1) is 11.3 Å². The molecule has 4 rings (SSSR count). The van der Waals surface area contributed by atoms with Gasteiger partial charge in [0.15, 0.2) is 5.82 Å². The molecule has 169 valence electrons. The Morgan fingerprint density at radius 1 is 0.906 bits per heavy atom. The molecular formula is C24H30N5O3. The summed E-state index contributed by atoms with van der Waals surface area (Å²) in [5.41, 5.74) is 2.94. The maximum atomic E-state index is 10.5. The zero-order valence-electron chi connectivity index (χ0n) is 18.6. The lowest BCUT2D eigenvalue weighted by Gasteiger charge is -2.34. The second-order valence-corrected chi connectivity index (χ2v) is 8.53. The predicted molar refractivity (Wildman–Crippen MR) is 123 cm³/mol. The number of phenolic OH excluding ortho intramolecular Hbond substituents is 2. The average molecular weight is 437 g/mol. The minimum absolute atomic E-state index is 0.0249. The van der Waals surface area contributed by atoms with E-state index in [1.54, 1.807) is 6.07 Å². The number of nitrogens with zero attached hydrogens (tertiary/aromatic N) is 5. The molecule has 0 atom stereocenters. The third-order valence-corrected chi connectivity index (χ3v) is 6.04. The van der Waals surface area contributed by atoms with E-state index in [-0.39, 0.29) is 23.4 Å². The van der Waals surface area contributed by atoms with Gasteiger partial charge in [0.2, 0.25) is 0 Å². The van der Waals surface area contributed by atoms with E-state index >= 15 is 0 Å². The van der Waals surface area contributed by atoms with Crippen LogP contribution >= 0.6 is 0 Å². The van der Waals surface area contributed by atoms with Crippen LogP contribution in [0.1, 0.15) is 30.9 Å². The van der Waals surface area contributed by atoms with Crippen LogP contribution in [0.5, 0.6) is 17.5 Å². The van der Waals surface area contributed by atoms with Crippen molar-refractivity contribution in [2.45, 2.75) is 26.3 Å². The highest BCUT2D eigenvalue weighted by Gasteiger charge is 2.21. The smallest absolute Gasteiger partial charge is 0.319 e. The Morgan fingerprint density at radius 2 is 1.56 bits per heavy atom. The summed E-state index contributed by atoms with van der Waals surface area (Å²) in [6.07, 6.45) is 0. The van der Waals surface area contributed by atoms with Gasteiger partial charge in [0, 0.05) is 38.8 Å². The molecule has 8 heteroatoms. The number of hydrogen-bond donors (Lipinski definition) is 3. The van der Waals surface area contributed by atoms with Crippen molar-refractivity contribution in [2.75, 3.05) is 32.7 Å². The van der Waals surface area contributed by atoms with E-state index in [1.807, 2.05) is 38.1 Å². The SMILES string of the molecule is [CH2]CN1CCN(Cc2ccc(-n3c(O)nnc3-c3cc(C(C)C)c(O)cc3O)cc2)CC1. The van der Waals surface area contributed by atoms with Crippen LogP contribution in [-0.4, -0.2) is 72.6 Å². The summed E-state index contributed by atoms with van der Waals surface area (Å²) in [5, 5.41) is 38.9. The van der Waals surface area contributed by atoms with Crippen LogP contribution in [0.2, 0.25) is 0 Å². The summed E-state index contributed by atoms with van der Waals surface area (Å²) < 4.78 is 1.49. The first-order valence-corrected chi connectivity index (χ1v) is 10.9. The molecule has 0 bridgehead atoms. The molecule has 2 heterocycles. The van der Waals surface area contributed by atoms with Crippen molar-refractivity contribution < 1.29 is 15.3 Å². The highest BCUT2D eigenvalue weighted by molar-refractivity contribution is 5.69. The standard InChI is InChI=1S/C24H30N5O3/c1-4-27-9-11-28(12-10-27)15-17-5-7-18(8-6-17)29-23(25-26-24(29)32)20-13-19(16(2)3)21(30)14-22(20)31/h5-8,13-14,16,30-31H,1,4,9-12,15H2,2-3H3,(H,26,32). The number of hydrogen-bond acceptors (Lipinski definition) is 7. The largest absolute Gasteiger partial charge is 0.508 e. The van der Waals surface area contributed by atoms with E-state index < -0.39 is 0 Å². The van der Waals surface area contributed by atoms with Gasteiger partial charge in [-0.05, 0) is 48.7 Å². The molecule has 1 aromatic heterocycles. The fourth-order valence-corrected chi connectivity index (χ4v) is 4.10. The van der Waals surface area contributed by atoms with Crippen molar-refractivity contribution in [1.82, 2.24) is 24.6 Å². The molecular weight excluding hydrogens is 406 g/mol. The number of benzene rings is 2. The highest BCUT2D eigenvalue weighted by Crippen LogP contribution is 2.38. The quantitative estimate of drug-likeness (QED) is 0.546. The van der Waals surface area contributed by atoms with Crippen molar-refractivity contribution in [2.24, 2.45) is 0 Å². The molecule has 3 aromatic rings. The summed E-state index contributed by atoms with van der Waals surface area (Å²) in [6, 6.07) is 10.6. The van der Waals surface area contributed by atoms with E-state index in [2.05, 4.69) is 26.9 Å². The minimum atomic E-state index is -0.268. The number of piperazine rings is 1. The molecule has 1 saturated heterocycles. The Balaban J connectivity index is 1.60. The van der Waals surface area contributed by atoms with Crippen molar-refractivity contribution in [3.8, 4) is 34.6 Å². The van der Waals surface area contributed by atoms with Gasteiger partial charge in [0.25, 0.3) is 0 Å². The van der Waals surface area contributed by atoms with E-state index in [0.29, 0.717) is 22.6 Å². The summed E-state index contributed by atoms with van der Waals surface area (Å²) in [7, 11) is 0. The van der Waals surface area contributed by atoms with Crippen LogP contribution in [0.25, 0.3) is 17.1 Å². The van der Waals surface area contributed by atoms with Gasteiger partial charge >= 0.3 is 6.01 Å². The third-order valence-electron chi connectivity index (χ3n) is 6.04. The van der Waals surface area contributed by atoms with Crippen LogP contribution in [0.3, 0.4) is 0 Å². The molecule has 1 aliphatic heterocycles. The van der Waals surface area contributed by atoms with Crippen molar-refractivity contribution in [3.63, 3.8) is 0 Å². The lowest BCUT2D eigenvalue weighted by atomic mass is 9.98. The molecule has 8 nitrogen and oxygen atoms in total. The van der Waals surface area contributed by atoms with Gasteiger partial charge in [-0.15, -0.1) is 5.10 Å². The fourth-order valence-electron chi connectivity index (χ4n) is 4.10. The Morgan fingerprint density at radius 3 is 2.19 bits per heavy atom. The summed E-state index contributed by atoms with van der Waals surface area (Å²) in [5.74, 6) is 0.253. The van der Waals surface area contributed by atoms with Gasteiger partial charge < -0.3 is 20.2 Å². The number of rotatable bonds is 6. The predicted octanol–water partition coefficient (Wildman–Crippen LogP) is 3.13. The highest BCUT2D eigenvalue weighted by atomic mass is 16.3. The van der Waals surface area contributed by atoms with Gasteiger partial charge in [-0.2, -0.15) is 0 Å². The van der Waals surface area contributed by atoms with Gasteiger partial charge in [-0.25, -0.2) is 4.57 Å². The summed E-state index contributed by atoms with van der Waals surface area (Å²) in [4.78, 5) is 4.77. The second kappa shape index (κ2) is 9.18. The Kier molecular flexibility index (Phi) is 6.34. The number of aromatic nitrogens is 3. The molecule has 0 aliphatic carbocycles. The van der Waals surface area contributed by atoms with Gasteiger partial charge in [-0.3, -0.25) is 4.90 Å². The lowest BCUT2D eigenvalue weighted by molar-refractivity contribution is 0.136. The monoisotopic (exact) mass is 436 g/mol. The van der Waals surface area contributed by atoms with Crippen molar-refractivity contribution >= 4 is 0 Å². The molecule has 1 fully saturated rings. The number of aromatic hydroxyl groups is 3. The summed E-state index contributed by atoms with van der Waals surface area (Å²) >= 11 is 0. The van der Waals surface area contributed by atoms with Crippen LogP contribution in [0.4, 0.5) is 0 Å². The third kappa shape index (κ3) is 4.42. The molecule has 0 amide bonds. The molecule has 32 heavy (non-hydrogen) atoms. The topological polar surface area (TPSA) is 97.9 Å². The molecule has 1 radical (unpaired) electrons. The molecule has 3 N–H and O–H groups in total. The van der Waals surface area contributed by atoms with Crippen LogP contribution in [0.15, 0.2) is 36.4 Å². The molecule has 2 aromatic carbocycles.